The normalized spacial score (nSPS) is 10.1. The summed E-state index contributed by atoms with van der Waals surface area (Å²) in [5.74, 6) is 1.26. The molecule has 4 aromatic carbocycles. The molecule has 276 valence electrons. The number of ketones is 2. The van der Waals surface area contributed by atoms with Crippen molar-refractivity contribution in [1.82, 2.24) is 0 Å². The Bertz CT molecular complexity index is 1640. The molecule has 0 aliphatic rings. The molecule has 0 bridgehead atoms. The standard InChI is InChI=1S/C18H19BrN2OS.C11H13BrO.C7H7BrN2S.C2H6O.BrH/c1-2-17(22)11-13-5-3-4-6-14(13)12-23-18(20)21-16-9-7-15(19)8-10-16;1-2-11(13)7-9-5-3-4-6-10(9)8-12;8-5-1-3-6(4-2-5)10-7(9)11;1-2-3;/h3-10H,2,11-12H2,1H3,(H2,20,21);3-6H,2,7-8H2,1H3;1-4H,(H3,9,10,11);3H,2H2,1H3;1H. The molecule has 0 fully saturated rings. The third kappa shape index (κ3) is 22.3. The summed E-state index contributed by atoms with van der Waals surface area (Å²) in [5.41, 5.74) is 17.6. The number of halogens is 4. The number of carbonyl (C=O) groups excluding carboxylic acids is 2. The van der Waals surface area contributed by atoms with Crippen LogP contribution in [0.2, 0.25) is 0 Å². The van der Waals surface area contributed by atoms with E-state index in [1.54, 1.807) is 6.92 Å². The average Bonchev–Trinajstić information content (AvgIpc) is 3.10. The van der Waals surface area contributed by atoms with Crippen molar-refractivity contribution < 1.29 is 14.7 Å². The van der Waals surface area contributed by atoms with E-state index in [2.05, 4.69) is 70.3 Å². The maximum absolute atomic E-state index is 11.7. The Morgan fingerprint density at radius 2 is 1.16 bits per heavy atom. The van der Waals surface area contributed by atoms with Crippen LogP contribution in [0, 0.1) is 0 Å². The van der Waals surface area contributed by atoms with E-state index in [0.29, 0.717) is 42.4 Å². The van der Waals surface area contributed by atoms with Gasteiger partial charge in [0.1, 0.15) is 11.6 Å². The summed E-state index contributed by atoms with van der Waals surface area (Å²) in [4.78, 5) is 27.3. The molecule has 4 rings (SSSR count). The summed E-state index contributed by atoms with van der Waals surface area (Å²) in [6, 6.07) is 31.3. The first-order valence-corrected chi connectivity index (χ1v) is 19.9. The zero-order valence-electron chi connectivity index (χ0n) is 28.9. The molecule has 0 atom stereocenters. The minimum atomic E-state index is 0. The number of aliphatic hydroxyl groups excluding tert-OH is 1. The number of rotatable bonds is 11. The molecule has 0 saturated heterocycles. The Balaban J connectivity index is 0.000000758. The largest absolute Gasteiger partial charge is 0.397 e. The SMILES string of the molecule is Br.CCC(=O)Cc1ccccc1CBr.CCC(=O)Cc1ccccc1CSC(N)=Nc1ccc(Br)cc1.CCO.NC(=S)Nc1ccc(Br)cc1. The lowest BCUT2D eigenvalue weighted by Crippen LogP contribution is -2.18. The highest BCUT2D eigenvalue weighted by Gasteiger charge is 2.08. The van der Waals surface area contributed by atoms with Crippen molar-refractivity contribution >= 4 is 122 Å². The number of anilines is 1. The summed E-state index contributed by atoms with van der Waals surface area (Å²) < 4.78 is 2.04. The number of carbonyl (C=O) groups is 2. The molecule has 0 aliphatic carbocycles. The maximum atomic E-state index is 11.7. The number of thioether (sulfide) groups is 1. The zero-order chi connectivity index (χ0) is 37.3. The third-order valence-corrected chi connectivity index (χ3v) is 9.10. The first kappa shape index (κ1) is 48.6. The fourth-order valence-corrected chi connectivity index (χ4v) is 5.86. The van der Waals surface area contributed by atoms with Gasteiger partial charge in [-0.2, -0.15) is 0 Å². The van der Waals surface area contributed by atoms with Gasteiger partial charge in [-0.15, -0.1) is 17.0 Å². The number of hydrogen-bond donors (Lipinski definition) is 4. The van der Waals surface area contributed by atoms with Crippen molar-refractivity contribution in [1.29, 1.82) is 0 Å². The van der Waals surface area contributed by atoms with Gasteiger partial charge in [0.2, 0.25) is 0 Å². The highest BCUT2D eigenvalue weighted by Crippen LogP contribution is 2.22. The maximum Gasteiger partial charge on any atom is 0.168 e. The van der Waals surface area contributed by atoms with Gasteiger partial charge in [0, 0.05) is 58.0 Å². The number of thiocarbonyl (C=S) groups is 1. The Morgan fingerprint density at radius 1 is 0.745 bits per heavy atom. The molecule has 0 aromatic heterocycles. The van der Waals surface area contributed by atoms with E-state index in [-0.39, 0.29) is 34.5 Å². The molecule has 0 unspecified atom stereocenters. The van der Waals surface area contributed by atoms with Gasteiger partial charge in [0.05, 0.1) is 5.69 Å². The smallest absolute Gasteiger partial charge is 0.168 e. The predicted molar refractivity (Wildman–Crippen MR) is 238 cm³/mol. The Morgan fingerprint density at radius 3 is 1.59 bits per heavy atom. The van der Waals surface area contributed by atoms with Gasteiger partial charge in [0.15, 0.2) is 10.3 Å². The number of aliphatic hydroxyl groups is 1. The fraction of sp³-hybridized carbons (Fsp3) is 0.263. The monoisotopic (exact) mass is 986 g/mol. The Kier molecular flexibility index (Phi) is 27.7. The van der Waals surface area contributed by atoms with Gasteiger partial charge >= 0.3 is 0 Å². The topological polar surface area (TPSA) is 131 Å². The third-order valence-electron chi connectivity index (χ3n) is 6.50. The number of aliphatic imine (C=N–C) groups is 1. The molecule has 0 heterocycles. The molecule has 0 radical (unpaired) electrons. The minimum Gasteiger partial charge on any atom is -0.397 e. The van der Waals surface area contributed by atoms with Crippen molar-refractivity contribution in [3.8, 4) is 0 Å². The van der Waals surface area contributed by atoms with Crippen molar-refractivity contribution in [2.45, 2.75) is 57.5 Å². The van der Waals surface area contributed by atoms with Gasteiger partial charge in [-0.1, -0.05) is 122 Å². The van der Waals surface area contributed by atoms with E-state index in [4.69, 9.17) is 16.6 Å². The molecular formula is C38H46Br4N4O3S2. The van der Waals surface area contributed by atoms with Crippen molar-refractivity contribution in [2.24, 2.45) is 16.5 Å². The van der Waals surface area contributed by atoms with Gasteiger partial charge in [-0.3, -0.25) is 9.59 Å². The van der Waals surface area contributed by atoms with Crippen LogP contribution in [0.1, 0.15) is 55.9 Å². The van der Waals surface area contributed by atoms with Crippen LogP contribution in [-0.4, -0.2) is 33.6 Å². The summed E-state index contributed by atoms with van der Waals surface area (Å²) in [6.45, 7) is 5.72. The predicted octanol–water partition coefficient (Wildman–Crippen LogP) is 10.6. The lowest BCUT2D eigenvalue weighted by Gasteiger charge is -2.08. The van der Waals surface area contributed by atoms with E-state index in [9.17, 15) is 9.59 Å². The first-order chi connectivity index (χ1) is 23.9. The van der Waals surface area contributed by atoms with Crippen LogP contribution >= 0.6 is 88.8 Å². The van der Waals surface area contributed by atoms with Crippen LogP contribution in [0.5, 0.6) is 0 Å². The molecule has 13 heteroatoms. The van der Waals surface area contributed by atoms with Crippen LogP contribution in [0.4, 0.5) is 11.4 Å². The molecule has 6 N–H and O–H groups in total. The summed E-state index contributed by atoms with van der Waals surface area (Å²) >= 11 is 16.3. The quantitative estimate of drug-likeness (QED) is 0.0506. The van der Waals surface area contributed by atoms with E-state index in [1.165, 1.54) is 17.3 Å². The van der Waals surface area contributed by atoms with E-state index in [0.717, 1.165) is 42.3 Å². The lowest BCUT2D eigenvalue weighted by molar-refractivity contribution is -0.118. The number of hydrogen-bond acceptors (Lipinski definition) is 6. The van der Waals surface area contributed by atoms with E-state index >= 15 is 0 Å². The second-order valence-electron chi connectivity index (χ2n) is 10.3. The molecule has 0 aliphatic heterocycles. The van der Waals surface area contributed by atoms with Crippen LogP contribution in [0.3, 0.4) is 0 Å². The summed E-state index contributed by atoms with van der Waals surface area (Å²) in [5, 5.41) is 12.0. The fourth-order valence-electron chi connectivity index (χ4n) is 3.91. The lowest BCUT2D eigenvalue weighted by atomic mass is 10.0. The van der Waals surface area contributed by atoms with E-state index in [1.807, 2.05) is 111 Å². The van der Waals surface area contributed by atoms with Crippen LogP contribution in [0.25, 0.3) is 0 Å². The molecule has 7 nitrogen and oxygen atoms in total. The second-order valence-corrected chi connectivity index (χ2v) is 14.2. The van der Waals surface area contributed by atoms with Gasteiger partial charge < -0.3 is 21.9 Å². The highest BCUT2D eigenvalue weighted by atomic mass is 79.9. The van der Waals surface area contributed by atoms with Crippen molar-refractivity contribution in [3.63, 3.8) is 0 Å². The molecule has 0 amide bonds. The number of alkyl halides is 1. The highest BCUT2D eigenvalue weighted by molar-refractivity contribution is 9.10. The number of nitrogens with zero attached hydrogens (tertiary/aromatic N) is 1. The number of benzene rings is 4. The second kappa shape index (κ2) is 29.1. The van der Waals surface area contributed by atoms with E-state index < -0.39 is 0 Å². The van der Waals surface area contributed by atoms with Crippen molar-refractivity contribution in [2.75, 3.05) is 11.9 Å². The molecular weight excluding hydrogens is 944 g/mol. The van der Waals surface area contributed by atoms with Crippen molar-refractivity contribution in [3.05, 3.63) is 128 Å². The molecule has 51 heavy (non-hydrogen) atoms. The van der Waals surface area contributed by atoms with Crippen LogP contribution < -0.4 is 16.8 Å². The number of nitrogens with two attached hydrogens (primary N) is 2. The molecule has 0 spiro atoms. The number of amidine groups is 1. The molecule has 0 saturated carbocycles. The van der Waals surface area contributed by atoms with Gasteiger partial charge in [-0.05, 0) is 89.9 Å². The van der Waals surface area contributed by atoms with Crippen LogP contribution in [0.15, 0.2) is 111 Å². The Labute approximate surface area is 348 Å². The number of Topliss-reactive ketones (excluding diaryl/α,β-unsaturated/α-hetero) is 2. The summed E-state index contributed by atoms with van der Waals surface area (Å²) in [6.07, 6.45) is 2.24. The Hall–Kier alpha value is -2.39. The van der Waals surface area contributed by atoms with Gasteiger partial charge in [0.25, 0.3) is 0 Å². The van der Waals surface area contributed by atoms with Crippen LogP contribution in [-0.2, 0) is 33.5 Å². The number of nitrogens with one attached hydrogen (secondary N) is 1. The average molecular weight is 991 g/mol. The zero-order valence-corrected chi connectivity index (χ0v) is 37.0. The molecule has 4 aromatic rings. The minimum absolute atomic E-state index is 0. The first-order valence-electron chi connectivity index (χ1n) is 15.8. The summed E-state index contributed by atoms with van der Waals surface area (Å²) in [7, 11) is 0. The van der Waals surface area contributed by atoms with Gasteiger partial charge in [-0.25, -0.2) is 4.99 Å².